The number of ether oxygens (including phenoxy) is 2. The van der Waals surface area contributed by atoms with Gasteiger partial charge in [-0.2, -0.15) is 0 Å². The van der Waals surface area contributed by atoms with E-state index in [1.54, 1.807) is 7.11 Å². The molecule has 0 aliphatic heterocycles. The third kappa shape index (κ3) is 4.93. The molecule has 0 radical (unpaired) electrons. The second-order valence-electron chi connectivity index (χ2n) is 8.58. The second-order valence-corrected chi connectivity index (χ2v) is 8.58. The van der Waals surface area contributed by atoms with Crippen molar-refractivity contribution in [3.63, 3.8) is 0 Å². The maximum absolute atomic E-state index is 6.15. The van der Waals surface area contributed by atoms with Crippen LogP contribution >= 0.6 is 0 Å². The van der Waals surface area contributed by atoms with Crippen molar-refractivity contribution in [1.82, 2.24) is 0 Å². The molecule has 0 fully saturated rings. The zero-order valence-corrected chi connectivity index (χ0v) is 16.0. The number of hydrogen-bond donors (Lipinski definition) is 0. The molecule has 0 amide bonds. The van der Waals surface area contributed by atoms with Crippen molar-refractivity contribution in [2.45, 2.75) is 72.6 Å². The first-order chi connectivity index (χ1) is 9.96. The zero-order chi connectivity index (χ0) is 17.1. The summed E-state index contributed by atoms with van der Waals surface area (Å²) in [4.78, 5) is 0. The van der Waals surface area contributed by atoms with Crippen LogP contribution in [0, 0.1) is 5.92 Å². The first-order valence-corrected chi connectivity index (χ1v) is 8.32. The highest BCUT2D eigenvalue weighted by Gasteiger charge is 2.26. The Bertz CT molecular complexity index is 488. The molecular formula is C20H34O2. The molecule has 0 N–H and O–H groups in total. The number of benzene rings is 1. The average Bonchev–Trinajstić information content (AvgIpc) is 2.35. The highest BCUT2D eigenvalue weighted by Crippen LogP contribution is 2.41. The predicted molar refractivity (Wildman–Crippen MR) is 95.3 cm³/mol. The Labute approximate surface area is 137 Å². The molecule has 0 aliphatic rings. The highest BCUT2D eigenvalue weighted by atomic mass is 16.5. The Hall–Kier alpha value is -1.18. The summed E-state index contributed by atoms with van der Waals surface area (Å²) in [5.74, 6) is 2.60. The molecule has 0 saturated carbocycles. The molecule has 0 spiro atoms. The molecule has 1 rings (SSSR count). The van der Waals surface area contributed by atoms with Crippen LogP contribution in [0.15, 0.2) is 12.1 Å². The van der Waals surface area contributed by atoms with Gasteiger partial charge in [0, 0.05) is 11.1 Å². The van der Waals surface area contributed by atoms with E-state index in [0.29, 0.717) is 5.92 Å². The van der Waals surface area contributed by atoms with Crippen LogP contribution in [0.5, 0.6) is 11.5 Å². The summed E-state index contributed by atoms with van der Waals surface area (Å²) in [5.41, 5.74) is 2.46. The molecule has 0 saturated heterocycles. The second kappa shape index (κ2) is 6.93. The van der Waals surface area contributed by atoms with E-state index in [1.807, 2.05) is 0 Å². The number of rotatable bonds is 5. The molecule has 22 heavy (non-hydrogen) atoms. The third-order valence-corrected chi connectivity index (χ3v) is 3.87. The summed E-state index contributed by atoms with van der Waals surface area (Å²) in [6.07, 6.45) is 1.07. The molecule has 126 valence electrons. The van der Waals surface area contributed by atoms with Crippen LogP contribution in [-0.4, -0.2) is 13.7 Å². The van der Waals surface area contributed by atoms with Crippen molar-refractivity contribution in [2.24, 2.45) is 5.92 Å². The van der Waals surface area contributed by atoms with Crippen molar-refractivity contribution in [1.29, 1.82) is 0 Å². The summed E-state index contributed by atoms with van der Waals surface area (Å²) in [5, 5.41) is 0. The van der Waals surface area contributed by atoms with Crippen molar-refractivity contribution in [2.75, 3.05) is 13.7 Å². The van der Waals surface area contributed by atoms with Gasteiger partial charge in [0.25, 0.3) is 0 Å². The van der Waals surface area contributed by atoms with Crippen LogP contribution in [0.1, 0.15) is 72.9 Å². The van der Waals surface area contributed by atoms with Gasteiger partial charge in [-0.25, -0.2) is 0 Å². The van der Waals surface area contributed by atoms with Gasteiger partial charge in [-0.15, -0.1) is 0 Å². The monoisotopic (exact) mass is 306 g/mol. The molecule has 0 heterocycles. The number of methoxy groups -OCH3 is 1. The zero-order valence-electron chi connectivity index (χ0n) is 16.0. The molecule has 2 heteroatoms. The van der Waals surface area contributed by atoms with E-state index in [0.717, 1.165) is 24.5 Å². The Balaban J connectivity index is 3.30. The van der Waals surface area contributed by atoms with Gasteiger partial charge in [-0.1, -0.05) is 55.4 Å². The predicted octanol–water partition coefficient (Wildman–Crippen LogP) is 5.72. The molecule has 2 nitrogen and oxygen atoms in total. The van der Waals surface area contributed by atoms with Crippen molar-refractivity contribution >= 4 is 0 Å². The van der Waals surface area contributed by atoms with E-state index in [4.69, 9.17) is 9.47 Å². The van der Waals surface area contributed by atoms with Crippen LogP contribution in [0.3, 0.4) is 0 Å². The average molecular weight is 306 g/mol. The molecular weight excluding hydrogens is 272 g/mol. The summed E-state index contributed by atoms with van der Waals surface area (Å²) in [7, 11) is 1.75. The van der Waals surface area contributed by atoms with Crippen molar-refractivity contribution in [3.05, 3.63) is 23.3 Å². The van der Waals surface area contributed by atoms with E-state index < -0.39 is 0 Å². The van der Waals surface area contributed by atoms with Crippen LogP contribution in [0.2, 0.25) is 0 Å². The lowest BCUT2D eigenvalue weighted by Crippen LogP contribution is -2.18. The van der Waals surface area contributed by atoms with Crippen LogP contribution < -0.4 is 9.47 Å². The fourth-order valence-electron chi connectivity index (χ4n) is 2.43. The van der Waals surface area contributed by atoms with Gasteiger partial charge in [0.1, 0.15) is 11.5 Å². The summed E-state index contributed by atoms with van der Waals surface area (Å²) < 4.78 is 11.8. The molecule has 1 aromatic rings. The van der Waals surface area contributed by atoms with Gasteiger partial charge in [0.15, 0.2) is 0 Å². The molecule has 1 aromatic carbocycles. The largest absolute Gasteiger partial charge is 0.496 e. The van der Waals surface area contributed by atoms with Gasteiger partial charge < -0.3 is 9.47 Å². The summed E-state index contributed by atoms with van der Waals surface area (Å²) >= 11 is 0. The Morgan fingerprint density at radius 3 is 1.73 bits per heavy atom. The first kappa shape index (κ1) is 18.9. The third-order valence-electron chi connectivity index (χ3n) is 3.87. The van der Waals surface area contributed by atoms with E-state index in [2.05, 4.69) is 67.5 Å². The lowest BCUT2D eigenvalue weighted by Gasteiger charge is -2.28. The standard InChI is InChI=1S/C20H34O2/c1-14(2)10-11-22-18-13-15(19(3,4)5)17(21-9)12-16(18)20(6,7)8/h12-14H,10-11H2,1-9H3. The van der Waals surface area contributed by atoms with Gasteiger partial charge in [0.05, 0.1) is 13.7 Å². The molecule has 0 aliphatic carbocycles. The smallest absolute Gasteiger partial charge is 0.123 e. The van der Waals surface area contributed by atoms with Gasteiger partial charge in [-0.3, -0.25) is 0 Å². The number of hydrogen-bond acceptors (Lipinski definition) is 2. The molecule has 0 atom stereocenters. The Morgan fingerprint density at radius 2 is 1.32 bits per heavy atom. The SMILES string of the molecule is COc1cc(C(C)(C)C)c(OCCC(C)C)cc1C(C)(C)C. The first-order valence-electron chi connectivity index (χ1n) is 8.32. The van der Waals surface area contributed by atoms with E-state index in [-0.39, 0.29) is 10.8 Å². The lowest BCUT2D eigenvalue weighted by atomic mass is 9.81. The quantitative estimate of drug-likeness (QED) is 0.693. The molecule has 0 aromatic heterocycles. The van der Waals surface area contributed by atoms with Crippen molar-refractivity contribution < 1.29 is 9.47 Å². The maximum atomic E-state index is 6.15. The minimum atomic E-state index is 0.0247. The van der Waals surface area contributed by atoms with Crippen LogP contribution in [0.4, 0.5) is 0 Å². The summed E-state index contributed by atoms with van der Waals surface area (Å²) in [6, 6.07) is 4.34. The fourth-order valence-corrected chi connectivity index (χ4v) is 2.43. The minimum Gasteiger partial charge on any atom is -0.496 e. The maximum Gasteiger partial charge on any atom is 0.123 e. The summed E-state index contributed by atoms with van der Waals surface area (Å²) in [6.45, 7) is 18.5. The van der Waals surface area contributed by atoms with Gasteiger partial charge in [0.2, 0.25) is 0 Å². The molecule has 0 bridgehead atoms. The minimum absolute atomic E-state index is 0.0247. The molecule has 0 unspecified atom stereocenters. The van der Waals surface area contributed by atoms with E-state index >= 15 is 0 Å². The topological polar surface area (TPSA) is 18.5 Å². The van der Waals surface area contributed by atoms with Gasteiger partial charge >= 0.3 is 0 Å². The van der Waals surface area contributed by atoms with Crippen molar-refractivity contribution in [3.8, 4) is 11.5 Å². The van der Waals surface area contributed by atoms with Gasteiger partial charge in [-0.05, 0) is 35.3 Å². The van der Waals surface area contributed by atoms with E-state index in [9.17, 15) is 0 Å². The van der Waals surface area contributed by atoms with E-state index in [1.165, 1.54) is 11.1 Å². The van der Waals surface area contributed by atoms with Crippen LogP contribution in [0.25, 0.3) is 0 Å². The van der Waals surface area contributed by atoms with Crippen LogP contribution in [-0.2, 0) is 10.8 Å². The normalized spacial score (nSPS) is 12.6. The highest BCUT2D eigenvalue weighted by molar-refractivity contribution is 5.51. The fraction of sp³-hybridized carbons (Fsp3) is 0.700. The Kier molecular flexibility index (Phi) is 5.95. The Morgan fingerprint density at radius 1 is 0.864 bits per heavy atom. The lowest BCUT2D eigenvalue weighted by molar-refractivity contribution is 0.280.